The van der Waals surface area contributed by atoms with Crippen molar-refractivity contribution in [3.8, 4) is 0 Å². The highest BCUT2D eigenvalue weighted by atomic mass is 32.1. The minimum Gasteiger partial charge on any atom is -0.379 e. The predicted octanol–water partition coefficient (Wildman–Crippen LogP) is 3.52. The van der Waals surface area contributed by atoms with Gasteiger partial charge in [-0.25, -0.2) is 9.97 Å². The van der Waals surface area contributed by atoms with Gasteiger partial charge in [0, 0.05) is 50.7 Å². The molecule has 30 heavy (non-hydrogen) atoms. The number of rotatable bonds is 5. The number of fused-ring (bicyclic) bond motifs is 1. The zero-order valence-corrected chi connectivity index (χ0v) is 19.4. The van der Waals surface area contributed by atoms with E-state index in [4.69, 9.17) is 14.7 Å². The molecule has 0 aromatic carbocycles. The van der Waals surface area contributed by atoms with Crippen molar-refractivity contribution in [3.63, 3.8) is 0 Å². The van der Waals surface area contributed by atoms with Gasteiger partial charge < -0.3 is 9.64 Å². The third-order valence-electron chi connectivity index (χ3n) is 6.18. The molecule has 0 saturated carbocycles. The molecule has 0 N–H and O–H groups in total. The van der Waals surface area contributed by atoms with Gasteiger partial charge in [-0.05, 0) is 41.8 Å². The van der Waals surface area contributed by atoms with Crippen molar-refractivity contribution >= 4 is 38.7 Å². The Hall–Kier alpha value is -1.58. The Labute approximate surface area is 186 Å². The number of morpholine rings is 1. The van der Waals surface area contributed by atoms with Crippen molar-refractivity contribution in [2.24, 2.45) is 0 Å². The molecule has 3 aromatic heterocycles. The van der Waals surface area contributed by atoms with E-state index >= 15 is 0 Å². The lowest BCUT2D eigenvalue weighted by atomic mass is 10.2. The van der Waals surface area contributed by atoms with Crippen LogP contribution in [0.1, 0.15) is 21.8 Å². The molecule has 0 amide bonds. The number of piperazine rings is 1. The standard InChI is InChI=1S/C22H29N5OS2/c1-16-17(2)30-22-20(16)21(23-19(24-22)14-26-8-10-28-11-9-26)27-6-4-25(5-7-27)13-18-3-12-29-15-18/h3,12,15H,4-11,13-14H2,1-2H3. The average Bonchev–Trinajstić information content (AvgIpc) is 3.37. The van der Waals surface area contributed by atoms with E-state index in [1.807, 2.05) is 0 Å². The second-order valence-electron chi connectivity index (χ2n) is 8.21. The Balaban J connectivity index is 1.38. The van der Waals surface area contributed by atoms with Crippen LogP contribution in [0.4, 0.5) is 5.82 Å². The van der Waals surface area contributed by atoms with Crippen LogP contribution >= 0.6 is 22.7 Å². The summed E-state index contributed by atoms with van der Waals surface area (Å²) in [6.45, 7) is 14.0. The Morgan fingerprint density at radius 1 is 0.967 bits per heavy atom. The third-order valence-corrected chi connectivity index (χ3v) is 8.02. The molecule has 0 bridgehead atoms. The van der Waals surface area contributed by atoms with E-state index < -0.39 is 0 Å². The van der Waals surface area contributed by atoms with Gasteiger partial charge >= 0.3 is 0 Å². The highest BCUT2D eigenvalue weighted by Gasteiger charge is 2.24. The van der Waals surface area contributed by atoms with E-state index in [0.717, 1.165) is 82.0 Å². The van der Waals surface area contributed by atoms with E-state index in [-0.39, 0.29) is 0 Å². The Kier molecular flexibility index (Phi) is 6.02. The van der Waals surface area contributed by atoms with Gasteiger partial charge in [-0.15, -0.1) is 11.3 Å². The van der Waals surface area contributed by atoms with Gasteiger partial charge in [0.05, 0.1) is 25.1 Å². The topological polar surface area (TPSA) is 44.7 Å². The summed E-state index contributed by atoms with van der Waals surface area (Å²) in [7, 11) is 0. The van der Waals surface area contributed by atoms with Crippen molar-refractivity contribution in [2.45, 2.75) is 26.9 Å². The minimum absolute atomic E-state index is 0.804. The predicted molar refractivity (Wildman–Crippen MR) is 125 cm³/mol. The number of aryl methyl sites for hydroxylation is 2. The zero-order chi connectivity index (χ0) is 20.5. The molecule has 0 aliphatic carbocycles. The van der Waals surface area contributed by atoms with E-state index in [1.54, 1.807) is 22.7 Å². The van der Waals surface area contributed by atoms with Gasteiger partial charge in [-0.2, -0.15) is 11.3 Å². The van der Waals surface area contributed by atoms with Crippen molar-refractivity contribution < 1.29 is 4.74 Å². The maximum absolute atomic E-state index is 5.50. The number of aromatic nitrogens is 2. The van der Waals surface area contributed by atoms with Crippen molar-refractivity contribution in [1.29, 1.82) is 0 Å². The van der Waals surface area contributed by atoms with Crippen LogP contribution in [0.15, 0.2) is 16.8 Å². The van der Waals surface area contributed by atoms with E-state index in [0.29, 0.717) is 0 Å². The summed E-state index contributed by atoms with van der Waals surface area (Å²) in [6.07, 6.45) is 0. The first-order chi connectivity index (χ1) is 14.7. The Morgan fingerprint density at radius 2 is 1.73 bits per heavy atom. The SMILES string of the molecule is Cc1sc2nc(CN3CCOCC3)nc(N3CCN(Cc4ccsc4)CC3)c2c1C. The van der Waals surface area contributed by atoms with E-state index in [2.05, 4.69) is 45.4 Å². The Morgan fingerprint density at radius 3 is 2.47 bits per heavy atom. The van der Waals surface area contributed by atoms with Gasteiger partial charge in [0.15, 0.2) is 0 Å². The van der Waals surface area contributed by atoms with Gasteiger partial charge in [0.1, 0.15) is 16.5 Å². The molecule has 2 saturated heterocycles. The van der Waals surface area contributed by atoms with Crippen LogP contribution in [0.5, 0.6) is 0 Å². The van der Waals surface area contributed by atoms with Crippen molar-refractivity contribution in [1.82, 2.24) is 19.8 Å². The van der Waals surface area contributed by atoms with Crippen molar-refractivity contribution in [3.05, 3.63) is 38.7 Å². The summed E-state index contributed by atoms with van der Waals surface area (Å²) in [5.41, 5.74) is 2.76. The van der Waals surface area contributed by atoms with Crippen LogP contribution in [-0.4, -0.2) is 72.3 Å². The van der Waals surface area contributed by atoms with Crippen molar-refractivity contribution in [2.75, 3.05) is 57.4 Å². The molecule has 3 aromatic rings. The molecule has 5 heterocycles. The molecule has 0 radical (unpaired) electrons. The maximum Gasteiger partial charge on any atom is 0.146 e. The summed E-state index contributed by atoms with van der Waals surface area (Å²) in [5, 5.41) is 5.69. The summed E-state index contributed by atoms with van der Waals surface area (Å²) in [5.74, 6) is 2.08. The van der Waals surface area contributed by atoms with Crippen LogP contribution in [0.2, 0.25) is 0 Å². The van der Waals surface area contributed by atoms with E-state index in [1.165, 1.54) is 21.4 Å². The first-order valence-electron chi connectivity index (χ1n) is 10.7. The number of anilines is 1. The van der Waals surface area contributed by atoms with Crippen LogP contribution in [-0.2, 0) is 17.8 Å². The fourth-order valence-corrected chi connectivity index (χ4v) is 5.99. The van der Waals surface area contributed by atoms with Crippen LogP contribution < -0.4 is 4.90 Å². The number of ether oxygens (including phenoxy) is 1. The molecule has 6 nitrogen and oxygen atoms in total. The molecule has 2 aliphatic rings. The number of thiophene rings is 2. The van der Waals surface area contributed by atoms with Crippen LogP contribution in [0.25, 0.3) is 10.2 Å². The molecule has 0 unspecified atom stereocenters. The van der Waals surface area contributed by atoms with Gasteiger partial charge in [-0.1, -0.05) is 0 Å². The summed E-state index contributed by atoms with van der Waals surface area (Å²) >= 11 is 3.59. The quantitative estimate of drug-likeness (QED) is 0.601. The zero-order valence-electron chi connectivity index (χ0n) is 17.8. The van der Waals surface area contributed by atoms with Crippen LogP contribution in [0.3, 0.4) is 0 Å². The average molecular weight is 444 g/mol. The molecular formula is C22H29N5OS2. The minimum atomic E-state index is 0.804. The van der Waals surface area contributed by atoms with E-state index in [9.17, 15) is 0 Å². The molecular weight excluding hydrogens is 414 g/mol. The molecule has 0 atom stereocenters. The first kappa shape index (κ1) is 20.3. The monoisotopic (exact) mass is 443 g/mol. The summed E-state index contributed by atoms with van der Waals surface area (Å²) in [4.78, 5) is 20.0. The summed E-state index contributed by atoms with van der Waals surface area (Å²) < 4.78 is 5.50. The van der Waals surface area contributed by atoms with Gasteiger partial charge in [0.25, 0.3) is 0 Å². The lowest BCUT2D eigenvalue weighted by Gasteiger charge is -2.36. The highest BCUT2D eigenvalue weighted by Crippen LogP contribution is 2.35. The first-order valence-corrected chi connectivity index (χ1v) is 12.5. The maximum atomic E-state index is 5.50. The molecule has 5 rings (SSSR count). The van der Waals surface area contributed by atoms with Gasteiger partial charge in [0.2, 0.25) is 0 Å². The molecule has 8 heteroatoms. The molecule has 160 valence electrons. The number of hydrogen-bond donors (Lipinski definition) is 0. The fourth-order valence-electron chi connectivity index (χ4n) is 4.29. The number of hydrogen-bond acceptors (Lipinski definition) is 8. The number of nitrogens with zero attached hydrogens (tertiary/aromatic N) is 5. The normalized spacial score (nSPS) is 19.1. The molecule has 0 spiro atoms. The highest BCUT2D eigenvalue weighted by molar-refractivity contribution is 7.18. The third kappa shape index (κ3) is 4.24. The molecule has 2 fully saturated rings. The largest absolute Gasteiger partial charge is 0.379 e. The second-order valence-corrected chi connectivity index (χ2v) is 10.2. The van der Waals surface area contributed by atoms with Crippen LogP contribution in [0, 0.1) is 13.8 Å². The molecule has 2 aliphatic heterocycles. The Bertz CT molecular complexity index is 989. The van der Waals surface area contributed by atoms with Gasteiger partial charge in [-0.3, -0.25) is 9.80 Å². The second kappa shape index (κ2) is 8.88. The lowest BCUT2D eigenvalue weighted by Crippen LogP contribution is -2.46. The lowest BCUT2D eigenvalue weighted by molar-refractivity contribution is 0.0331. The smallest absolute Gasteiger partial charge is 0.146 e. The fraction of sp³-hybridized carbons (Fsp3) is 0.545. The summed E-state index contributed by atoms with van der Waals surface area (Å²) in [6, 6.07) is 2.24.